The first-order valence-electron chi connectivity index (χ1n) is 10.8. The van der Waals surface area contributed by atoms with Crippen LogP contribution >= 0.6 is 11.3 Å². The van der Waals surface area contributed by atoms with Crippen molar-refractivity contribution in [1.29, 1.82) is 0 Å². The van der Waals surface area contributed by atoms with Crippen LogP contribution in [0.15, 0.2) is 60.7 Å². The van der Waals surface area contributed by atoms with Crippen LogP contribution in [0.2, 0.25) is 0 Å². The summed E-state index contributed by atoms with van der Waals surface area (Å²) in [6, 6.07) is 12.7. The van der Waals surface area contributed by atoms with Gasteiger partial charge < -0.3 is 5.32 Å². The van der Waals surface area contributed by atoms with E-state index < -0.39 is 10.3 Å². The monoisotopic (exact) mass is 475 g/mol. The van der Waals surface area contributed by atoms with Crippen LogP contribution in [0.4, 0.5) is 16.5 Å². The Kier molecular flexibility index (Phi) is 5.45. The fraction of sp³-hybridized carbons (Fsp3) is 0.250. The first-order valence-corrected chi connectivity index (χ1v) is 11.6. The molecule has 0 unspecified atom stereocenters. The Morgan fingerprint density at radius 3 is 2.41 bits per heavy atom. The minimum atomic E-state index is -0.470. The molecule has 2 aliphatic rings. The van der Waals surface area contributed by atoms with Crippen molar-refractivity contribution in [2.75, 3.05) is 10.6 Å². The minimum absolute atomic E-state index is 0.00850. The molecule has 1 fully saturated rings. The van der Waals surface area contributed by atoms with Gasteiger partial charge >= 0.3 is 0 Å². The van der Waals surface area contributed by atoms with E-state index in [1.165, 1.54) is 23.5 Å². The fourth-order valence-electron chi connectivity index (χ4n) is 4.62. The van der Waals surface area contributed by atoms with E-state index in [-0.39, 0.29) is 23.4 Å². The van der Waals surface area contributed by atoms with Crippen molar-refractivity contribution in [3.05, 3.63) is 76.4 Å². The number of nitro groups is 1. The molecule has 0 radical (unpaired) electrons. The molecule has 2 amide bonds. The zero-order valence-corrected chi connectivity index (χ0v) is 19.0. The number of nitrogens with zero attached hydrogens (tertiary/aromatic N) is 3. The quantitative estimate of drug-likeness (QED) is 0.296. The lowest BCUT2D eigenvalue weighted by molar-refractivity contribution is -0.384. The van der Waals surface area contributed by atoms with Gasteiger partial charge in [-0.15, -0.1) is 10.2 Å². The number of hydrogen-bond donors (Lipinski definition) is 2. The third kappa shape index (κ3) is 4.08. The number of nitro benzene ring substituents is 1. The minimum Gasteiger partial charge on any atom is -0.326 e. The van der Waals surface area contributed by atoms with Gasteiger partial charge in [0.25, 0.3) is 11.6 Å². The molecule has 1 aromatic heterocycles. The van der Waals surface area contributed by atoms with Crippen LogP contribution in [-0.4, -0.2) is 26.9 Å². The molecule has 34 heavy (non-hydrogen) atoms. The summed E-state index contributed by atoms with van der Waals surface area (Å²) in [4.78, 5) is 35.8. The Morgan fingerprint density at radius 2 is 1.79 bits per heavy atom. The van der Waals surface area contributed by atoms with Gasteiger partial charge in [0.15, 0.2) is 0 Å². The first-order chi connectivity index (χ1) is 16.3. The van der Waals surface area contributed by atoms with Crippen molar-refractivity contribution < 1.29 is 14.5 Å². The van der Waals surface area contributed by atoms with Crippen molar-refractivity contribution in [2.24, 2.45) is 17.3 Å². The Labute approximate surface area is 199 Å². The highest BCUT2D eigenvalue weighted by Crippen LogP contribution is 2.52. The van der Waals surface area contributed by atoms with Gasteiger partial charge in [-0.25, -0.2) is 0 Å². The lowest BCUT2D eigenvalue weighted by atomic mass is 9.77. The second-order valence-corrected chi connectivity index (χ2v) is 9.79. The van der Waals surface area contributed by atoms with Gasteiger partial charge in [-0.2, -0.15) is 0 Å². The maximum absolute atomic E-state index is 12.9. The summed E-state index contributed by atoms with van der Waals surface area (Å²) >= 11 is 1.17. The van der Waals surface area contributed by atoms with E-state index in [0.717, 1.165) is 12.8 Å². The molecule has 2 N–H and O–H groups in total. The molecule has 9 nitrogen and oxygen atoms in total. The molecule has 2 bridgehead atoms. The number of amides is 2. The van der Waals surface area contributed by atoms with E-state index in [4.69, 9.17) is 0 Å². The number of fused-ring (bicyclic) bond motifs is 2. The molecule has 2 aliphatic carbocycles. The Balaban J connectivity index is 1.21. The van der Waals surface area contributed by atoms with E-state index in [9.17, 15) is 19.7 Å². The zero-order valence-electron chi connectivity index (χ0n) is 18.2. The molecule has 1 heterocycles. The molecule has 0 spiro atoms. The summed E-state index contributed by atoms with van der Waals surface area (Å²) < 4.78 is 0. The molecule has 2 aromatic carbocycles. The number of hydrogen-bond acceptors (Lipinski definition) is 7. The maximum Gasteiger partial charge on any atom is 0.269 e. The number of rotatable bonds is 6. The van der Waals surface area contributed by atoms with Crippen molar-refractivity contribution in [3.8, 4) is 10.6 Å². The zero-order chi connectivity index (χ0) is 23.9. The van der Waals surface area contributed by atoms with Crippen LogP contribution in [0, 0.1) is 27.4 Å². The number of aromatic nitrogens is 2. The molecule has 3 aromatic rings. The maximum atomic E-state index is 12.9. The lowest BCUT2D eigenvalue weighted by Gasteiger charge is -2.29. The summed E-state index contributed by atoms with van der Waals surface area (Å²) in [5.41, 5.74) is 1.32. The predicted molar refractivity (Wildman–Crippen MR) is 128 cm³/mol. The molecular formula is C24H21N5O4S. The number of carbonyl (C=O) groups is 2. The number of allylic oxidation sites excluding steroid dienone is 2. The number of carbonyl (C=O) groups excluding carboxylic acids is 2. The lowest BCUT2D eigenvalue weighted by Crippen LogP contribution is -2.36. The van der Waals surface area contributed by atoms with Gasteiger partial charge in [-0.1, -0.05) is 30.4 Å². The Hall–Kier alpha value is -3.92. The molecule has 1 saturated carbocycles. The van der Waals surface area contributed by atoms with Crippen LogP contribution in [0.5, 0.6) is 0 Å². The van der Waals surface area contributed by atoms with Gasteiger partial charge in [-0.05, 0) is 61.1 Å². The summed E-state index contributed by atoms with van der Waals surface area (Å²) in [5, 5.41) is 25.4. The van der Waals surface area contributed by atoms with Gasteiger partial charge in [0.2, 0.25) is 11.0 Å². The molecule has 0 saturated heterocycles. The van der Waals surface area contributed by atoms with E-state index in [1.54, 1.807) is 36.4 Å². The Bertz CT molecular complexity index is 1300. The largest absolute Gasteiger partial charge is 0.326 e. The van der Waals surface area contributed by atoms with Crippen molar-refractivity contribution >= 4 is 39.7 Å². The second-order valence-electron chi connectivity index (χ2n) is 8.81. The predicted octanol–water partition coefficient (Wildman–Crippen LogP) is 4.91. The van der Waals surface area contributed by atoms with Crippen LogP contribution in [0.3, 0.4) is 0 Å². The van der Waals surface area contributed by atoms with Gasteiger partial charge in [0, 0.05) is 28.9 Å². The second kappa shape index (κ2) is 8.45. The molecule has 5 rings (SSSR count). The SMILES string of the molecule is C[C@]1(C(=O)Nc2ccc(C(=O)Nc3nnc(-c4ccc([N+](=O)[O-])cc4)s3)cc2)C[C@H]2C=C[C@H]1C2. The first kappa shape index (κ1) is 21.9. The summed E-state index contributed by atoms with van der Waals surface area (Å²) in [6.45, 7) is 2.02. The fourth-order valence-corrected chi connectivity index (χ4v) is 5.36. The number of nitrogens with one attached hydrogen (secondary N) is 2. The smallest absolute Gasteiger partial charge is 0.269 e. The summed E-state index contributed by atoms with van der Waals surface area (Å²) in [6.07, 6.45) is 6.27. The van der Waals surface area contributed by atoms with Crippen LogP contribution in [0.25, 0.3) is 10.6 Å². The third-order valence-electron chi connectivity index (χ3n) is 6.57. The van der Waals surface area contributed by atoms with Crippen LogP contribution in [-0.2, 0) is 4.79 Å². The Morgan fingerprint density at radius 1 is 1.06 bits per heavy atom. The summed E-state index contributed by atoms with van der Waals surface area (Å²) in [7, 11) is 0. The highest BCUT2D eigenvalue weighted by molar-refractivity contribution is 7.18. The molecule has 10 heteroatoms. The highest BCUT2D eigenvalue weighted by atomic mass is 32.1. The third-order valence-corrected chi connectivity index (χ3v) is 7.46. The molecular weight excluding hydrogens is 454 g/mol. The molecule has 3 atom stereocenters. The van der Waals surface area contributed by atoms with E-state index in [1.807, 2.05) is 6.92 Å². The average molecular weight is 476 g/mol. The van der Waals surface area contributed by atoms with Crippen molar-refractivity contribution in [2.45, 2.75) is 19.8 Å². The van der Waals surface area contributed by atoms with Crippen LogP contribution in [0.1, 0.15) is 30.1 Å². The van der Waals surface area contributed by atoms with Gasteiger partial charge in [0.1, 0.15) is 5.01 Å². The van der Waals surface area contributed by atoms with E-state index in [0.29, 0.717) is 32.9 Å². The normalized spacial score (nSPS) is 22.5. The van der Waals surface area contributed by atoms with E-state index >= 15 is 0 Å². The van der Waals surface area contributed by atoms with Gasteiger partial charge in [0.05, 0.1) is 10.3 Å². The summed E-state index contributed by atoms with van der Waals surface area (Å²) in [5.74, 6) is 0.433. The number of non-ortho nitro benzene ring substituents is 1. The molecule has 0 aliphatic heterocycles. The van der Waals surface area contributed by atoms with Crippen LogP contribution < -0.4 is 10.6 Å². The topological polar surface area (TPSA) is 127 Å². The number of benzene rings is 2. The number of anilines is 2. The van der Waals surface area contributed by atoms with Crippen molar-refractivity contribution in [3.63, 3.8) is 0 Å². The molecule has 172 valence electrons. The average Bonchev–Trinajstić information content (AvgIpc) is 3.56. The standard InChI is InChI=1S/C24H21N5O4S/c1-24(13-14-2-7-17(24)12-14)22(31)25-18-8-3-15(4-9-18)20(30)26-23-28-27-21(34-23)16-5-10-19(11-6-16)29(32)33/h2-11,14,17H,12-13H2,1H3,(H,25,31)(H,26,28,30)/t14-,17-,24-/m0/s1. The van der Waals surface area contributed by atoms with Crippen molar-refractivity contribution in [1.82, 2.24) is 10.2 Å². The highest BCUT2D eigenvalue weighted by Gasteiger charge is 2.49. The van der Waals surface area contributed by atoms with E-state index in [2.05, 4.69) is 33.0 Å². The van der Waals surface area contributed by atoms with Gasteiger partial charge in [-0.3, -0.25) is 25.0 Å².